The van der Waals surface area contributed by atoms with Gasteiger partial charge in [-0.2, -0.15) is 4.98 Å². The Balaban J connectivity index is 1.18. The minimum atomic E-state index is -0.910. The average molecular weight is 634 g/mol. The van der Waals surface area contributed by atoms with E-state index in [-0.39, 0.29) is 41.7 Å². The molecule has 1 saturated heterocycles. The number of anilines is 1. The lowest BCUT2D eigenvalue weighted by molar-refractivity contribution is -0.0434. The van der Waals surface area contributed by atoms with Crippen LogP contribution in [0.3, 0.4) is 0 Å². The van der Waals surface area contributed by atoms with E-state index in [1.807, 2.05) is 24.3 Å². The Morgan fingerprint density at radius 1 is 0.896 bits per heavy atom. The molecule has 5 N–H and O–H groups in total. The Morgan fingerprint density at radius 2 is 1.46 bits per heavy atom. The van der Waals surface area contributed by atoms with Crippen molar-refractivity contribution in [2.75, 3.05) is 12.3 Å². The van der Waals surface area contributed by atoms with Gasteiger partial charge < -0.3 is 20.7 Å². The summed E-state index contributed by atoms with van der Waals surface area (Å²) < 4.78 is 7.44. The topological polar surface area (TPSA) is 156 Å². The third-order valence-corrected chi connectivity index (χ3v) is 8.74. The van der Waals surface area contributed by atoms with Gasteiger partial charge in [-0.15, -0.1) is 0 Å². The van der Waals surface area contributed by atoms with Crippen molar-refractivity contribution >= 4 is 55.2 Å². The van der Waals surface area contributed by atoms with E-state index in [1.54, 1.807) is 23.6 Å². The van der Waals surface area contributed by atoms with Gasteiger partial charge in [-0.3, -0.25) is 19.1 Å². The third-order valence-electron chi connectivity index (χ3n) is 8.74. The van der Waals surface area contributed by atoms with Gasteiger partial charge in [-0.1, -0.05) is 54.2 Å². The van der Waals surface area contributed by atoms with Crippen LogP contribution in [0.25, 0.3) is 43.5 Å². The molecule has 0 unspecified atom stereocenters. The molecule has 2 aromatic heterocycles. The lowest BCUT2D eigenvalue weighted by Crippen LogP contribution is -2.24. The van der Waals surface area contributed by atoms with Crippen molar-refractivity contribution in [3.05, 3.63) is 111 Å². The number of fused-ring (bicyclic) bond motifs is 1. The number of ketones is 1. The number of rotatable bonds is 3. The van der Waals surface area contributed by atoms with E-state index < -0.39 is 24.0 Å². The van der Waals surface area contributed by atoms with Gasteiger partial charge in [0.2, 0.25) is 5.95 Å². The summed E-state index contributed by atoms with van der Waals surface area (Å²) in [7, 11) is 0. The molecule has 1 aliphatic rings. The van der Waals surface area contributed by atoms with Crippen molar-refractivity contribution in [3.8, 4) is 23.7 Å². The molecule has 0 saturated carbocycles. The zero-order valence-electron chi connectivity index (χ0n) is 25.6. The SMILES string of the molecule is CC(=O)c1ccc(C#Cc2cc3ccc4cc(C#Cc5nc6c(=O)[nH]c(N)nc6n5[C@H]5C[C@H](O)[C@@H](CO)O5)cc5ccc(c2)c3c45)cc1. The van der Waals surface area contributed by atoms with Crippen LogP contribution in [0, 0.1) is 23.7 Å². The molecule has 3 heterocycles. The molecular weight excluding hydrogens is 606 g/mol. The van der Waals surface area contributed by atoms with Gasteiger partial charge in [0.15, 0.2) is 22.8 Å². The van der Waals surface area contributed by atoms with Crippen LogP contribution in [-0.2, 0) is 4.74 Å². The van der Waals surface area contributed by atoms with Crippen LogP contribution in [0.5, 0.6) is 0 Å². The Bertz CT molecular complexity index is 2550. The van der Waals surface area contributed by atoms with Crippen molar-refractivity contribution in [2.24, 2.45) is 0 Å². The first-order valence-electron chi connectivity index (χ1n) is 15.4. The highest BCUT2D eigenvalue weighted by Crippen LogP contribution is 2.36. The van der Waals surface area contributed by atoms with Crippen LogP contribution in [0.2, 0.25) is 0 Å². The number of nitrogen functional groups attached to an aromatic ring is 1. The number of carbonyl (C=O) groups excluding carboxylic acids is 1. The van der Waals surface area contributed by atoms with Crippen LogP contribution in [0.15, 0.2) is 77.6 Å². The zero-order valence-corrected chi connectivity index (χ0v) is 25.6. The van der Waals surface area contributed by atoms with Crippen LogP contribution >= 0.6 is 0 Å². The van der Waals surface area contributed by atoms with Gasteiger partial charge in [0.1, 0.15) is 12.3 Å². The number of aromatic nitrogens is 4. The summed E-state index contributed by atoms with van der Waals surface area (Å²) in [6, 6.07) is 23.8. The second kappa shape index (κ2) is 11.3. The Labute approximate surface area is 273 Å². The summed E-state index contributed by atoms with van der Waals surface area (Å²) in [5.41, 5.74) is 8.68. The highest BCUT2D eigenvalue weighted by Gasteiger charge is 2.36. The Kier molecular flexibility index (Phi) is 6.94. The molecule has 10 heteroatoms. The number of aromatic amines is 1. The number of hydrogen-bond donors (Lipinski definition) is 4. The average Bonchev–Trinajstić information content (AvgIpc) is 3.64. The predicted octanol–water partition coefficient (Wildman–Crippen LogP) is 4.24. The maximum atomic E-state index is 12.7. The van der Waals surface area contributed by atoms with Crippen LogP contribution in [0.1, 0.15) is 52.4 Å². The number of ether oxygens (including phenoxy) is 1. The molecular formula is C38H27N5O5. The molecule has 48 heavy (non-hydrogen) atoms. The fourth-order valence-corrected chi connectivity index (χ4v) is 6.44. The molecule has 0 amide bonds. The van der Waals surface area contributed by atoms with Crippen molar-refractivity contribution in [1.29, 1.82) is 0 Å². The molecule has 0 bridgehead atoms. The van der Waals surface area contributed by atoms with Crippen LogP contribution < -0.4 is 11.3 Å². The van der Waals surface area contributed by atoms with Gasteiger partial charge in [-0.05, 0) is 81.6 Å². The molecule has 1 fully saturated rings. The number of aliphatic hydroxyl groups is 2. The molecule has 0 aliphatic carbocycles. The van der Waals surface area contributed by atoms with E-state index in [0.717, 1.165) is 49.0 Å². The molecule has 1 aliphatic heterocycles. The van der Waals surface area contributed by atoms with Gasteiger partial charge in [0, 0.05) is 28.7 Å². The van der Waals surface area contributed by atoms with Gasteiger partial charge >= 0.3 is 0 Å². The van der Waals surface area contributed by atoms with E-state index in [4.69, 9.17) is 10.5 Å². The maximum absolute atomic E-state index is 12.7. The number of nitrogens with one attached hydrogen (secondary N) is 1. The first kappa shape index (κ1) is 29.4. The minimum absolute atomic E-state index is 0.0244. The number of benzene rings is 5. The van der Waals surface area contributed by atoms with Crippen molar-refractivity contribution in [3.63, 3.8) is 0 Å². The Hall–Kier alpha value is -6.04. The van der Waals surface area contributed by atoms with Crippen LogP contribution in [0.4, 0.5) is 5.95 Å². The summed E-state index contributed by atoms with van der Waals surface area (Å²) in [6.07, 6.45) is -2.30. The summed E-state index contributed by atoms with van der Waals surface area (Å²) >= 11 is 0. The highest BCUT2D eigenvalue weighted by atomic mass is 16.5. The van der Waals surface area contributed by atoms with Crippen molar-refractivity contribution in [2.45, 2.75) is 31.8 Å². The van der Waals surface area contributed by atoms with Gasteiger partial charge in [0.05, 0.1) is 12.7 Å². The lowest BCUT2D eigenvalue weighted by atomic mass is 9.91. The van der Waals surface area contributed by atoms with Gasteiger partial charge in [0.25, 0.3) is 5.56 Å². The molecule has 234 valence electrons. The molecule has 5 aromatic carbocycles. The maximum Gasteiger partial charge on any atom is 0.280 e. The van der Waals surface area contributed by atoms with Gasteiger partial charge in [-0.25, -0.2) is 4.98 Å². The number of nitrogens with zero attached hydrogens (tertiary/aromatic N) is 3. The molecule has 0 radical (unpaired) electrons. The normalized spacial score (nSPS) is 17.5. The number of nitrogens with two attached hydrogens (primary N) is 1. The standard InChI is InChI=1S/C38H27N5O5/c1-20(45)24-7-4-21(5-8-24)2-3-22-14-25-9-11-27-16-23(17-28-12-10-26(15-22)33(25)34(27)28)6-13-31-40-35-36(41-38(39)42-37(35)47)43(31)32-18-29(46)30(19-44)48-32/h4-5,7-12,14-17,29-30,32,44,46H,18-19H2,1H3,(H3,39,41,42,47)/t29-,30+,32+/m0/s1. The molecule has 7 aromatic rings. The largest absolute Gasteiger partial charge is 0.394 e. The molecule has 10 nitrogen and oxygen atoms in total. The zero-order chi connectivity index (χ0) is 33.1. The number of carbonyl (C=O) groups is 1. The van der Waals surface area contributed by atoms with Crippen LogP contribution in [-0.4, -0.2) is 54.3 Å². The fourth-order valence-electron chi connectivity index (χ4n) is 6.44. The second-order valence-electron chi connectivity index (χ2n) is 11.9. The lowest BCUT2D eigenvalue weighted by Gasteiger charge is -2.15. The third kappa shape index (κ3) is 5.02. The molecule has 0 spiro atoms. The first-order valence-corrected chi connectivity index (χ1v) is 15.4. The number of H-pyrrole nitrogens is 1. The molecule has 3 atom stereocenters. The van der Waals surface area contributed by atoms with Crippen molar-refractivity contribution in [1.82, 2.24) is 19.5 Å². The summed E-state index contributed by atoms with van der Waals surface area (Å²) in [5.74, 6) is 12.9. The smallest absolute Gasteiger partial charge is 0.280 e. The van der Waals surface area contributed by atoms with E-state index in [2.05, 4.69) is 75.0 Å². The fraction of sp³-hybridized carbons (Fsp3) is 0.158. The summed E-state index contributed by atoms with van der Waals surface area (Å²) in [6.45, 7) is 1.18. The van der Waals surface area contributed by atoms with E-state index >= 15 is 0 Å². The quantitative estimate of drug-likeness (QED) is 0.128. The van der Waals surface area contributed by atoms with E-state index in [1.165, 1.54) is 0 Å². The van der Waals surface area contributed by atoms with E-state index in [9.17, 15) is 19.8 Å². The summed E-state index contributed by atoms with van der Waals surface area (Å²) in [4.78, 5) is 35.5. The number of aliphatic hydroxyl groups excluding tert-OH is 2. The monoisotopic (exact) mass is 633 g/mol. The number of imidazole rings is 1. The number of Topliss-reactive ketones (excluding diaryl/α,β-unsaturated/α-hetero) is 1. The highest BCUT2D eigenvalue weighted by molar-refractivity contribution is 6.23. The summed E-state index contributed by atoms with van der Waals surface area (Å²) in [5, 5.41) is 26.5. The second-order valence-corrected chi connectivity index (χ2v) is 11.9. The van der Waals surface area contributed by atoms with Crippen molar-refractivity contribution < 1.29 is 19.7 Å². The van der Waals surface area contributed by atoms with E-state index in [0.29, 0.717) is 5.56 Å². The Morgan fingerprint density at radius 3 is 2.00 bits per heavy atom. The first-order chi connectivity index (χ1) is 23.2. The predicted molar refractivity (Wildman–Crippen MR) is 183 cm³/mol. The molecule has 8 rings (SSSR count). The minimum Gasteiger partial charge on any atom is -0.394 e. The number of hydrogen-bond acceptors (Lipinski definition) is 8.